The van der Waals surface area contributed by atoms with Crippen LogP contribution in [0.15, 0.2) is 49.0 Å². The SMILES string of the molecule is C=C(NNC(=O)c1ccc2c(c1)OCCO2)c1ccc([N+](=O)[O-])cc1. The van der Waals surface area contributed by atoms with Gasteiger partial charge in [-0.3, -0.25) is 25.8 Å². The molecule has 0 unspecified atom stereocenters. The molecule has 8 heteroatoms. The summed E-state index contributed by atoms with van der Waals surface area (Å²) in [5, 5.41) is 10.6. The highest BCUT2D eigenvalue weighted by Gasteiger charge is 2.15. The van der Waals surface area contributed by atoms with Gasteiger partial charge in [0, 0.05) is 17.7 Å². The number of rotatable bonds is 5. The Morgan fingerprint density at radius 2 is 1.64 bits per heavy atom. The van der Waals surface area contributed by atoms with E-state index in [4.69, 9.17) is 9.47 Å². The number of carbonyl (C=O) groups excluding carboxylic acids is 1. The van der Waals surface area contributed by atoms with Gasteiger partial charge in [0.25, 0.3) is 11.6 Å². The number of ether oxygens (including phenoxy) is 2. The monoisotopic (exact) mass is 341 g/mol. The number of carbonyl (C=O) groups is 1. The van der Waals surface area contributed by atoms with Crippen LogP contribution in [-0.4, -0.2) is 24.0 Å². The summed E-state index contributed by atoms with van der Waals surface area (Å²) in [5.74, 6) is 0.749. The van der Waals surface area contributed by atoms with E-state index in [0.717, 1.165) is 0 Å². The van der Waals surface area contributed by atoms with Crippen molar-refractivity contribution in [3.05, 3.63) is 70.3 Å². The van der Waals surface area contributed by atoms with Gasteiger partial charge >= 0.3 is 0 Å². The Bertz CT molecular complexity index is 833. The number of hydrogen-bond acceptors (Lipinski definition) is 6. The fourth-order valence-corrected chi connectivity index (χ4v) is 2.25. The zero-order valence-corrected chi connectivity index (χ0v) is 13.2. The molecular weight excluding hydrogens is 326 g/mol. The van der Waals surface area contributed by atoms with E-state index < -0.39 is 4.92 Å². The molecule has 0 aliphatic carbocycles. The molecule has 0 saturated carbocycles. The molecule has 2 N–H and O–H groups in total. The van der Waals surface area contributed by atoms with Crippen LogP contribution in [0.1, 0.15) is 15.9 Å². The summed E-state index contributed by atoms with van der Waals surface area (Å²) >= 11 is 0. The lowest BCUT2D eigenvalue weighted by Crippen LogP contribution is -2.35. The van der Waals surface area contributed by atoms with Crippen molar-refractivity contribution in [2.75, 3.05) is 13.2 Å². The van der Waals surface area contributed by atoms with E-state index in [1.54, 1.807) is 30.3 Å². The van der Waals surface area contributed by atoms with Gasteiger partial charge in [-0.15, -0.1) is 0 Å². The number of nitrogens with one attached hydrogen (secondary N) is 2. The van der Waals surface area contributed by atoms with Crippen LogP contribution in [-0.2, 0) is 0 Å². The average molecular weight is 341 g/mol. The molecule has 8 nitrogen and oxygen atoms in total. The molecule has 1 heterocycles. The number of nitro benzene ring substituents is 1. The summed E-state index contributed by atoms with van der Waals surface area (Å²) in [6.07, 6.45) is 0. The Morgan fingerprint density at radius 3 is 2.32 bits per heavy atom. The molecule has 0 atom stereocenters. The van der Waals surface area contributed by atoms with E-state index in [-0.39, 0.29) is 11.6 Å². The molecule has 0 spiro atoms. The summed E-state index contributed by atoms with van der Waals surface area (Å²) in [6.45, 7) is 4.71. The van der Waals surface area contributed by atoms with Gasteiger partial charge in [0.15, 0.2) is 11.5 Å². The smallest absolute Gasteiger partial charge is 0.269 e. The van der Waals surface area contributed by atoms with Gasteiger partial charge in [0.1, 0.15) is 13.2 Å². The Morgan fingerprint density at radius 1 is 1.00 bits per heavy atom. The zero-order valence-electron chi connectivity index (χ0n) is 13.2. The van der Waals surface area contributed by atoms with Crippen LogP contribution in [0.5, 0.6) is 11.5 Å². The van der Waals surface area contributed by atoms with Gasteiger partial charge < -0.3 is 9.47 Å². The van der Waals surface area contributed by atoms with Gasteiger partial charge in [-0.25, -0.2) is 0 Å². The predicted molar refractivity (Wildman–Crippen MR) is 90.2 cm³/mol. The van der Waals surface area contributed by atoms with E-state index in [9.17, 15) is 14.9 Å². The minimum atomic E-state index is -0.483. The van der Waals surface area contributed by atoms with E-state index in [1.165, 1.54) is 12.1 Å². The minimum absolute atomic E-state index is 0.0168. The van der Waals surface area contributed by atoms with Gasteiger partial charge in [0.2, 0.25) is 0 Å². The summed E-state index contributed by atoms with van der Waals surface area (Å²) in [6, 6.07) is 10.7. The van der Waals surface area contributed by atoms with Crippen LogP contribution in [0, 0.1) is 10.1 Å². The van der Waals surface area contributed by atoms with E-state index >= 15 is 0 Å². The van der Waals surface area contributed by atoms with E-state index in [2.05, 4.69) is 17.4 Å². The molecule has 128 valence electrons. The Kier molecular flexibility index (Phi) is 4.51. The Labute approximate surface area is 143 Å². The van der Waals surface area contributed by atoms with Crippen LogP contribution in [0.3, 0.4) is 0 Å². The fraction of sp³-hybridized carbons (Fsp3) is 0.118. The lowest BCUT2D eigenvalue weighted by Gasteiger charge is -2.19. The summed E-state index contributed by atoms with van der Waals surface area (Å²) in [5.41, 5.74) is 6.61. The standard InChI is InChI=1S/C17H15N3O5/c1-11(12-2-5-14(6-3-12)20(22)23)18-19-17(21)13-4-7-15-16(10-13)25-9-8-24-15/h2-7,10,18H,1,8-9H2,(H,19,21). The quantitative estimate of drug-likeness (QED) is 0.639. The molecule has 1 amide bonds. The van der Waals surface area contributed by atoms with Crippen molar-refractivity contribution in [3.8, 4) is 11.5 Å². The zero-order chi connectivity index (χ0) is 17.8. The molecule has 0 aromatic heterocycles. The number of nitrogens with zero attached hydrogens (tertiary/aromatic N) is 1. The van der Waals surface area contributed by atoms with Crippen molar-refractivity contribution >= 4 is 17.3 Å². The van der Waals surface area contributed by atoms with Crippen LogP contribution in [0.2, 0.25) is 0 Å². The maximum atomic E-state index is 12.2. The number of non-ortho nitro benzene ring substituents is 1. The first kappa shape index (κ1) is 16.3. The van der Waals surface area contributed by atoms with Crippen molar-refractivity contribution in [1.29, 1.82) is 0 Å². The molecule has 2 aromatic rings. The third-order valence-corrected chi connectivity index (χ3v) is 3.56. The lowest BCUT2D eigenvalue weighted by molar-refractivity contribution is -0.384. The van der Waals surface area contributed by atoms with Crippen LogP contribution >= 0.6 is 0 Å². The van der Waals surface area contributed by atoms with Gasteiger partial charge in [0.05, 0.1) is 10.6 Å². The summed E-state index contributed by atoms with van der Waals surface area (Å²) in [7, 11) is 0. The van der Waals surface area contributed by atoms with E-state index in [1.807, 2.05) is 0 Å². The topological polar surface area (TPSA) is 103 Å². The fourth-order valence-electron chi connectivity index (χ4n) is 2.25. The van der Waals surface area contributed by atoms with Crippen molar-refractivity contribution in [2.24, 2.45) is 0 Å². The van der Waals surface area contributed by atoms with Gasteiger partial charge in [-0.1, -0.05) is 6.58 Å². The third-order valence-electron chi connectivity index (χ3n) is 3.56. The molecule has 1 aliphatic heterocycles. The third kappa shape index (κ3) is 3.69. The largest absolute Gasteiger partial charge is 0.486 e. The van der Waals surface area contributed by atoms with Crippen LogP contribution < -0.4 is 20.3 Å². The molecule has 0 fully saturated rings. The normalized spacial score (nSPS) is 12.2. The van der Waals surface area contributed by atoms with Crippen LogP contribution in [0.4, 0.5) is 5.69 Å². The molecular formula is C17H15N3O5. The minimum Gasteiger partial charge on any atom is -0.486 e. The van der Waals surface area contributed by atoms with Crippen LogP contribution in [0.25, 0.3) is 5.70 Å². The molecule has 0 bridgehead atoms. The number of hydrogen-bond donors (Lipinski definition) is 2. The molecule has 2 aromatic carbocycles. The number of fused-ring (bicyclic) bond motifs is 1. The second-order valence-corrected chi connectivity index (χ2v) is 5.22. The summed E-state index contributed by atoms with van der Waals surface area (Å²) < 4.78 is 10.8. The highest BCUT2D eigenvalue weighted by molar-refractivity contribution is 5.95. The first-order chi connectivity index (χ1) is 12.0. The highest BCUT2D eigenvalue weighted by Crippen LogP contribution is 2.30. The second-order valence-electron chi connectivity index (χ2n) is 5.22. The Hall–Kier alpha value is -3.55. The first-order valence-corrected chi connectivity index (χ1v) is 7.44. The Balaban J connectivity index is 1.61. The average Bonchev–Trinajstić information content (AvgIpc) is 2.65. The number of amides is 1. The molecule has 0 radical (unpaired) electrons. The maximum Gasteiger partial charge on any atom is 0.269 e. The van der Waals surface area contributed by atoms with Crippen molar-refractivity contribution in [3.63, 3.8) is 0 Å². The lowest BCUT2D eigenvalue weighted by atomic mass is 10.1. The number of nitro groups is 1. The van der Waals surface area contributed by atoms with Gasteiger partial charge in [-0.2, -0.15) is 0 Å². The number of benzene rings is 2. The predicted octanol–water partition coefficient (Wildman–Crippen LogP) is 2.27. The first-order valence-electron chi connectivity index (χ1n) is 7.44. The molecule has 1 aliphatic rings. The second kappa shape index (κ2) is 6.91. The molecule has 0 saturated heterocycles. The van der Waals surface area contributed by atoms with Crippen molar-refractivity contribution in [2.45, 2.75) is 0 Å². The van der Waals surface area contributed by atoms with Crippen molar-refractivity contribution in [1.82, 2.24) is 10.9 Å². The molecule has 25 heavy (non-hydrogen) atoms. The molecule has 3 rings (SSSR count). The van der Waals surface area contributed by atoms with Gasteiger partial charge in [-0.05, 0) is 35.9 Å². The van der Waals surface area contributed by atoms with E-state index in [0.29, 0.717) is 41.5 Å². The maximum absolute atomic E-state index is 12.2. The van der Waals surface area contributed by atoms with Crippen molar-refractivity contribution < 1.29 is 19.2 Å². The number of hydrazine groups is 1. The summed E-state index contributed by atoms with van der Waals surface area (Å²) in [4.78, 5) is 22.4. The highest BCUT2D eigenvalue weighted by atomic mass is 16.6.